The first-order chi connectivity index (χ1) is 8.47. The lowest BCUT2D eigenvalue weighted by molar-refractivity contribution is -0.394. The van der Waals surface area contributed by atoms with Crippen molar-refractivity contribution >= 4 is 45.1 Å². The highest BCUT2D eigenvalue weighted by Gasteiger charge is 2.20. The van der Waals surface area contributed by atoms with Crippen LogP contribution in [0.25, 0.3) is 0 Å². The summed E-state index contributed by atoms with van der Waals surface area (Å²) in [7, 11) is 0. The Morgan fingerprint density at radius 3 is 2.72 bits per heavy atom. The molecule has 0 radical (unpaired) electrons. The standard InChI is InChI=1S/C8H4BrCl2N5O2/c9-7-13-8(16(17)18)14-15(7)3-5-4(10)1-2-6(11)12-5/h1-2H,3H2. The Labute approximate surface area is 119 Å². The minimum Gasteiger partial charge on any atom is -0.390 e. The highest BCUT2D eigenvalue weighted by atomic mass is 79.9. The lowest BCUT2D eigenvalue weighted by atomic mass is 10.3. The van der Waals surface area contributed by atoms with Gasteiger partial charge in [0, 0.05) is 21.0 Å². The average molecular weight is 353 g/mol. The summed E-state index contributed by atoms with van der Waals surface area (Å²) in [6, 6.07) is 3.14. The van der Waals surface area contributed by atoms with Gasteiger partial charge in [-0.2, -0.15) is 4.68 Å². The molecule has 94 valence electrons. The summed E-state index contributed by atoms with van der Waals surface area (Å²) in [6.45, 7) is 0.126. The van der Waals surface area contributed by atoms with Gasteiger partial charge < -0.3 is 10.1 Å². The second-order valence-corrected chi connectivity index (χ2v) is 4.66. The second-order valence-electron chi connectivity index (χ2n) is 3.16. The number of hydrogen-bond donors (Lipinski definition) is 0. The van der Waals surface area contributed by atoms with Crippen molar-refractivity contribution in [2.75, 3.05) is 0 Å². The van der Waals surface area contributed by atoms with E-state index in [1.165, 1.54) is 4.68 Å². The fraction of sp³-hybridized carbons (Fsp3) is 0.125. The Balaban J connectivity index is 2.34. The van der Waals surface area contributed by atoms with Crippen LogP contribution in [0.2, 0.25) is 10.2 Å². The fourth-order valence-electron chi connectivity index (χ4n) is 1.20. The van der Waals surface area contributed by atoms with Gasteiger partial charge in [0.05, 0.1) is 10.7 Å². The molecule has 0 aromatic carbocycles. The maximum atomic E-state index is 10.5. The SMILES string of the molecule is O=[N+]([O-])c1nc(Br)n(Cc2nc(Cl)ccc2Cl)n1. The minimum absolute atomic E-state index is 0.126. The summed E-state index contributed by atoms with van der Waals surface area (Å²) in [5, 5.41) is 14.9. The van der Waals surface area contributed by atoms with Crippen molar-refractivity contribution < 1.29 is 4.92 Å². The van der Waals surface area contributed by atoms with E-state index in [2.05, 4.69) is 31.0 Å². The predicted octanol–water partition coefficient (Wildman–Crippen LogP) is 2.70. The van der Waals surface area contributed by atoms with Crippen LogP contribution in [-0.4, -0.2) is 24.7 Å². The topological polar surface area (TPSA) is 86.7 Å². The molecule has 7 nitrogen and oxygen atoms in total. The van der Waals surface area contributed by atoms with Gasteiger partial charge in [0.1, 0.15) is 11.7 Å². The fourth-order valence-corrected chi connectivity index (χ4v) is 1.89. The zero-order valence-electron chi connectivity index (χ0n) is 8.55. The van der Waals surface area contributed by atoms with Crippen molar-refractivity contribution in [1.82, 2.24) is 19.7 Å². The first-order valence-electron chi connectivity index (χ1n) is 4.53. The van der Waals surface area contributed by atoms with Crippen molar-refractivity contribution in [2.45, 2.75) is 6.54 Å². The molecule has 0 aliphatic rings. The zero-order chi connectivity index (χ0) is 13.3. The normalized spacial score (nSPS) is 10.6. The van der Waals surface area contributed by atoms with E-state index in [0.717, 1.165) is 0 Å². The molecule has 2 aromatic rings. The summed E-state index contributed by atoms with van der Waals surface area (Å²) < 4.78 is 1.48. The van der Waals surface area contributed by atoms with Crippen LogP contribution in [0.4, 0.5) is 5.95 Å². The van der Waals surface area contributed by atoms with E-state index in [-0.39, 0.29) is 16.4 Å². The van der Waals surface area contributed by atoms with E-state index in [0.29, 0.717) is 10.7 Å². The van der Waals surface area contributed by atoms with E-state index < -0.39 is 10.9 Å². The molecular formula is C8H4BrCl2N5O2. The molecule has 0 aliphatic carbocycles. The zero-order valence-corrected chi connectivity index (χ0v) is 11.6. The van der Waals surface area contributed by atoms with E-state index in [4.69, 9.17) is 23.2 Å². The number of hydrogen-bond acceptors (Lipinski definition) is 5. The second kappa shape index (κ2) is 5.17. The molecule has 2 rings (SSSR count). The molecule has 18 heavy (non-hydrogen) atoms. The Bertz CT molecular complexity index is 618. The highest BCUT2D eigenvalue weighted by Crippen LogP contribution is 2.20. The molecule has 0 bridgehead atoms. The molecule has 0 saturated carbocycles. The molecule has 0 atom stereocenters. The Kier molecular flexibility index (Phi) is 3.79. The van der Waals surface area contributed by atoms with Gasteiger partial charge in [0.25, 0.3) is 4.73 Å². The van der Waals surface area contributed by atoms with Crippen LogP contribution in [0.3, 0.4) is 0 Å². The highest BCUT2D eigenvalue weighted by molar-refractivity contribution is 9.10. The first-order valence-corrected chi connectivity index (χ1v) is 6.08. The summed E-state index contributed by atoms with van der Waals surface area (Å²) in [4.78, 5) is 17.5. The molecule has 0 amide bonds. The number of nitro groups is 1. The molecule has 2 heterocycles. The quantitative estimate of drug-likeness (QED) is 0.481. The first kappa shape index (κ1) is 13.2. The molecule has 2 aromatic heterocycles. The summed E-state index contributed by atoms with van der Waals surface area (Å²) >= 11 is 14.7. The molecule has 0 aliphatic heterocycles. The van der Waals surface area contributed by atoms with Gasteiger partial charge in [0.15, 0.2) is 0 Å². The van der Waals surface area contributed by atoms with Gasteiger partial charge in [-0.15, -0.1) is 0 Å². The van der Waals surface area contributed by atoms with Gasteiger partial charge in [-0.3, -0.25) is 0 Å². The van der Waals surface area contributed by atoms with Crippen LogP contribution in [0.5, 0.6) is 0 Å². The van der Waals surface area contributed by atoms with Crippen molar-refractivity contribution in [3.63, 3.8) is 0 Å². The maximum absolute atomic E-state index is 10.5. The number of rotatable bonds is 3. The summed E-state index contributed by atoms with van der Waals surface area (Å²) in [5.41, 5.74) is 0.449. The number of nitrogens with zero attached hydrogens (tertiary/aromatic N) is 5. The molecule has 0 N–H and O–H groups in total. The third-order valence-corrected chi connectivity index (χ3v) is 3.10. The van der Waals surface area contributed by atoms with Crippen LogP contribution in [-0.2, 0) is 6.54 Å². The molecule has 10 heteroatoms. The van der Waals surface area contributed by atoms with Gasteiger partial charge in [-0.25, -0.2) is 4.98 Å². The average Bonchev–Trinajstić information content (AvgIpc) is 2.66. The Morgan fingerprint density at radius 2 is 2.11 bits per heavy atom. The van der Waals surface area contributed by atoms with E-state index in [9.17, 15) is 10.1 Å². The molecule has 0 fully saturated rings. The molecular weight excluding hydrogens is 349 g/mol. The van der Waals surface area contributed by atoms with Crippen molar-refractivity contribution in [1.29, 1.82) is 0 Å². The lowest BCUT2D eigenvalue weighted by Gasteiger charge is -2.01. The van der Waals surface area contributed by atoms with Crippen LogP contribution < -0.4 is 0 Å². The van der Waals surface area contributed by atoms with Crippen molar-refractivity contribution in [3.8, 4) is 0 Å². The van der Waals surface area contributed by atoms with Gasteiger partial charge in [-0.05, 0) is 22.0 Å². The summed E-state index contributed by atoms with van der Waals surface area (Å²) in [5.74, 6) is -0.500. The van der Waals surface area contributed by atoms with Crippen LogP contribution >= 0.6 is 39.1 Å². The lowest BCUT2D eigenvalue weighted by Crippen LogP contribution is -2.05. The largest absolute Gasteiger partial charge is 0.492 e. The third-order valence-electron chi connectivity index (χ3n) is 1.96. The van der Waals surface area contributed by atoms with Crippen LogP contribution in [0.1, 0.15) is 5.69 Å². The Morgan fingerprint density at radius 1 is 1.39 bits per heavy atom. The van der Waals surface area contributed by atoms with Crippen molar-refractivity contribution in [2.24, 2.45) is 0 Å². The van der Waals surface area contributed by atoms with Crippen molar-refractivity contribution in [3.05, 3.63) is 42.9 Å². The smallest absolute Gasteiger partial charge is 0.390 e. The minimum atomic E-state index is -0.686. The van der Waals surface area contributed by atoms with Gasteiger partial charge in [0.2, 0.25) is 0 Å². The monoisotopic (exact) mass is 351 g/mol. The van der Waals surface area contributed by atoms with E-state index in [1.807, 2.05) is 0 Å². The van der Waals surface area contributed by atoms with Gasteiger partial charge in [-0.1, -0.05) is 23.2 Å². The number of halogens is 3. The van der Waals surface area contributed by atoms with Crippen LogP contribution in [0.15, 0.2) is 16.9 Å². The Hall–Kier alpha value is -1.25. The van der Waals surface area contributed by atoms with Gasteiger partial charge >= 0.3 is 5.95 Å². The third kappa shape index (κ3) is 2.77. The van der Waals surface area contributed by atoms with E-state index >= 15 is 0 Å². The van der Waals surface area contributed by atoms with Crippen LogP contribution in [0, 0.1) is 10.1 Å². The maximum Gasteiger partial charge on any atom is 0.492 e. The number of aromatic nitrogens is 4. The number of pyridine rings is 1. The molecule has 0 saturated heterocycles. The molecule has 0 unspecified atom stereocenters. The predicted molar refractivity (Wildman–Crippen MR) is 67.7 cm³/mol. The van der Waals surface area contributed by atoms with E-state index in [1.54, 1.807) is 12.1 Å². The molecule has 0 spiro atoms. The summed E-state index contributed by atoms with van der Waals surface area (Å²) in [6.07, 6.45) is 0.